The van der Waals surface area contributed by atoms with Gasteiger partial charge in [0.1, 0.15) is 10.9 Å². The minimum Gasteiger partial charge on any atom is -0.446 e. The summed E-state index contributed by atoms with van der Waals surface area (Å²) in [6, 6.07) is 0. The molecule has 4 nitrogen and oxygen atoms in total. The first-order valence-corrected chi connectivity index (χ1v) is 8.47. The van der Waals surface area contributed by atoms with Crippen LogP contribution in [0, 0.1) is 0 Å². The molecule has 0 bridgehead atoms. The lowest BCUT2D eigenvalue weighted by Gasteiger charge is -2.17. The molecule has 1 unspecified atom stereocenters. The van der Waals surface area contributed by atoms with Crippen LogP contribution < -0.4 is 5.32 Å². The van der Waals surface area contributed by atoms with Crippen molar-refractivity contribution in [2.24, 2.45) is 0 Å². The summed E-state index contributed by atoms with van der Waals surface area (Å²) in [5.41, 5.74) is 5.52. The molecule has 1 atom stereocenters. The average molecular weight is 343 g/mol. The Bertz CT molecular complexity index is 611. The van der Waals surface area contributed by atoms with Crippen LogP contribution in [0.2, 0.25) is 0 Å². The molecule has 1 aromatic heterocycles. The molecule has 0 spiro atoms. The predicted octanol–water partition coefficient (Wildman–Crippen LogP) is 4.36. The molecular weight excluding hydrogens is 323 g/mol. The highest BCUT2D eigenvalue weighted by atomic mass is 35.5. The van der Waals surface area contributed by atoms with Crippen molar-refractivity contribution in [2.45, 2.75) is 56.2 Å². The molecule has 6 heteroatoms. The summed E-state index contributed by atoms with van der Waals surface area (Å²) in [4.78, 5) is 16.9. The van der Waals surface area contributed by atoms with E-state index in [9.17, 15) is 4.79 Å². The molecule has 2 aliphatic carbocycles. The smallest absolute Gasteiger partial charge is 0.411 e. The van der Waals surface area contributed by atoms with Gasteiger partial charge in [-0.25, -0.2) is 4.79 Å². The number of aromatic nitrogens is 1. The second-order valence-electron chi connectivity index (χ2n) is 6.34. The van der Waals surface area contributed by atoms with Crippen molar-refractivity contribution < 1.29 is 9.53 Å². The van der Waals surface area contributed by atoms with Crippen LogP contribution in [0.15, 0.2) is 0 Å². The second kappa shape index (κ2) is 5.89. The normalized spacial score (nSPS) is 19.7. The Labute approximate surface area is 140 Å². The zero-order valence-corrected chi connectivity index (χ0v) is 14.4. The van der Waals surface area contributed by atoms with Crippen molar-refractivity contribution in [3.63, 3.8) is 0 Å². The van der Waals surface area contributed by atoms with Crippen molar-refractivity contribution in [3.8, 4) is 0 Å². The Morgan fingerprint density at radius 3 is 2.86 bits per heavy atom. The fraction of sp³-hybridized carbons (Fsp3) is 0.625. The van der Waals surface area contributed by atoms with Gasteiger partial charge >= 0.3 is 6.09 Å². The first-order chi connectivity index (χ1) is 10.3. The van der Waals surface area contributed by atoms with Crippen LogP contribution in [0.25, 0.3) is 0 Å². The maximum absolute atomic E-state index is 12.1. The number of halogens is 2. The van der Waals surface area contributed by atoms with E-state index in [0.29, 0.717) is 5.92 Å². The number of nitrogens with one attached hydrogen (secondary N) is 1. The van der Waals surface area contributed by atoms with Crippen molar-refractivity contribution in [2.75, 3.05) is 11.9 Å². The van der Waals surface area contributed by atoms with Crippen molar-refractivity contribution >= 4 is 35.0 Å². The molecule has 2 aliphatic rings. The highest BCUT2D eigenvalue weighted by Crippen LogP contribution is 2.41. The third-order valence-corrected chi connectivity index (χ3v) is 4.55. The van der Waals surface area contributed by atoms with Crippen molar-refractivity contribution in [3.05, 3.63) is 22.5 Å². The summed E-state index contributed by atoms with van der Waals surface area (Å²) in [6.07, 6.45) is 4.56. The predicted molar refractivity (Wildman–Crippen MR) is 88.1 cm³/mol. The molecule has 0 saturated carbocycles. The Morgan fingerprint density at radius 2 is 2.14 bits per heavy atom. The largest absolute Gasteiger partial charge is 0.446 e. The van der Waals surface area contributed by atoms with Gasteiger partial charge < -0.3 is 4.74 Å². The van der Waals surface area contributed by atoms with Gasteiger partial charge in [-0.15, -0.1) is 0 Å². The van der Waals surface area contributed by atoms with E-state index in [2.05, 4.69) is 12.2 Å². The number of anilines is 1. The van der Waals surface area contributed by atoms with Crippen LogP contribution in [0.4, 0.5) is 10.5 Å². The summed E-state index contributed by atoms with van der Waals surface area (Å²) in [5, 5.41) is 2.92. The SMILES string of the molecule is CC1CCc2c1nc1c(c2NC(=O)OCC(C)(Cl)Cl)CCC1. The van der Waals surface area contributed by atoms with Crippen LogP contribution in [0.1, 0.15) is 55.1 Å². The number of nitrogens with zero attached hydrogens (tertiary/aromatic N) is 1. The molecule has 22 heavy (non-hydrogen) atoms. The number of carbonyl (C=O) groups is 1. The lowest BCUT2D eigenvalue weighted by molar-refractivity contribution is 0.159. The van der Waals surface area contributed by atoms with Gasteiger partial charge in [0.25, 0.3) is 0 Å². The number of fused-ring (bicyclic) bond motifs is 2. The van der Waals surface area contributed by atoms with Gasteiger partial charge in [-0.3, -0.25) is 10.3 Å². The van der Waals surface area contributed by atoms with E-state index in [0.717, 1.165) is 49.2 Å². The summed E-state index contributed by atoms with van der Waals surface area (Å²) in [7, 11) is 0. The molecule has 0 fully saturated rings. The topological polar surface area (TPSA) is 51.2 Å². The van der Waals surface area contributed by atoms with Crippen LogP contribution in [-0.2, 0) is 24.0 Å². The van der Waals surface area contributed by atoms with Crippen LogP contribution in [-0.4, -0.2) is 22.0 Å². The molecule has 0 radical (unpaired) electrons. The number of ether oxygens (including phenoxy) is 1. The maximum Gasteiger partial charge on any atom is 0.411 e. The summed E-state index contributed by atoms with van der Waals surface area (Å²) < 4.78 is 4.05. The fourth-order valence-electron chi connectivity index (χ4n) is 3.28. The van der Waals surface area contributed by atoms with Gasteiger partial charge in [-0.2, -0.15) is 0 Å². The van der Waals surface area contributed by atoms with E-state index in [-0.39, 0.29) is 6.61 Å². The zero-order valence-electron chi connectivity index (χ0n) is 12.8. The number of alkyl halides is 2. The molecule has 3 rings (SSSR count). The van der Waals surface area contributed by atoms with E-state index >= 15 is 0 Å². The maximum atomic E-state index is 12.1. The molecule has 0 saturated heterocycles. The minimum absolute atomic E-state index is 0.0478. The average Bonchev–Trinajstić information content (AvgIpc) is 3.03. The number of pyridine rings is 1. The van der Waals surface area contributed by atoms with Crippen molar-refractivity contribution in [1.29, 1.82) is 0 Å². The number of amides is 1. The van der Waals surface area contributed by atoms with Crippen LogP contribution in [0.3, 0.4) is 0 Å². The Morgan fingerprint density at radius 1 is 1.36 bits per heavy atom. The number of carbonyl (C=O) groups excluding carboxylic acids is 1. The van der Waals surface area contributed by atoms with Crippen LogP contribution in [0.5, 0.6) is 0 Å². The van der Waals surface area contributed by atoms with E-state index in [4.69, 9.17) is 32.9 Å². The first-order valence-electron chi connectivity index (χ1n) is 7.71. The standard InChI is InChI=1S/C16H20Cl2N2O2/c1-9-6-7-11-13(9)19-12-5-3-4-10(12)14(11)20-15(21)22-8-16(2,17)18/h9H,3-8H2,1-2H3,(H,19,20,21). The molecular formula is C16H20Cl2N2O2. The van der Waals surface area contributed by atoms with Crippen molar-refractivity contribution in [1.82, 2.24) is 4.98 Å². The Balaban J connectivity index is 1.84. The summed E-state index contributed by atoms with van der Waals surface area (Å²) in [5.74, 6) is 0.450. The molecule has 1 amide bonds. The number of rotatable bonds is 3. The molecule has 0 aliphatic heterocycles. The van der Waals surface area contributed by atoms with E-state index in [1.54, 1.807) is 6.92 Å². The van der Waals surface area contributed by atoms with Gasteiger partial charge in [0, 0.05) is 11.4 Å². The first kappa shape index (κ1) is 15.9. The van der Waals surface area contributed by atoms with Gasteiger partial charge in [0.05, 0.1) is 5.69 Å². The van der Waals surface area contributed by atoms with Gasteiger partial charge in [0.2, 0.25) is 0 Å². The number of hydrogen-bond acceptors (Lipinski definition) is 3. The minimum atomic E-state index is -1.08. The number of aryl methyl sites for hydroxylation is 1. The quantitative estimate of drug-likeness (QED) is 0.830. The second-order valence-corrected chi connectivity index (χ2v) is 8.20. The molecule has 1 aromatic rings. The highest BCUT2D eigenvalue weighted by molar-refractivity contribution is 6.48. The molecule has 1 N–H and O–H groups in total. The third kappa shape index (κ3) is 3.18. The lowest BCUT2D eigenvalue weighted by Crippen LogP contribution is -2.24. The van der Waals surface area contributed by atoms with E-state index < -0.39 is 10.4 Å². The monoisotopic (exact) mass is 342 g/mol. The van der Waals surface area contributed by atoms with Gasteiger partial charge in [-0.05, 0) is 56.1 Å². The number of hydrogen-bond donors (Lipinski definition) is 1. The molecule has 0 aromatic carbocycles. The highest BCUT2D eigenvalue weighted by Gasteiger charge is 2.30. The van der Waals surface area contributed by atoms with E-state index in [1.165, 1.54) is 11.1 Å². The third-order valence-electron chi connectivity index (χ3n) is 4.33. The Hall–Kier alpha value is -1.00. The fourth-order valence-corrected chi connectivity index (χ4v) is 3.39. The van der Waals surface area contributed by atoms with E-state index in [1.807, 2.05) is 0 Å². The summed E-state index contributed by atoms with van der Waals surface area (Å²) in [6.45, 7) is 3.73. The Kier molecular flexibility index (Phi) is 4.25. The molecule has 1 heterocycles. The zero-order chi connectivity index (χ0) is 15.9. The summed E-state index contributed by atoms with van der Waals surface area (Å²) >= 11 is 11.7. The lowest BCUT2D eigenvalue weighted by atomic mass is 10.0. The van der Waals surface area contributed by atoms with Gasteiger partial charge in [-0.1, -0.05) is 30.1 Å². The van der Waals surface area contributed by atoms with Crippen LogP contribution >= 0.6 is 23.2 Å². The molecule has 120 valence electrons. The van der Waals surface area contributed by atoms with Gasteiger partial charge in [0.15, 0.2) is 0 Å².